The van der Waals surface area contributed by atoms with Gasteiger partial charge in [0.15, 0.2) is 0 Å². The van der Waals surface area contributed by atoms with E-state index in [2.05, 4.69) is 17.2 Å². The van der Waals surface area contributed by atoms with Gasteiger partial charge in [-0.3, -0.25) is 9.59 Å². The van der Waals surface area contributed by atoms with Crippen LogP contribution < -0.4 is 16.4 Å². The highest BCUT2D eigenvalue weighted by molar-refractivity contribution is 5.82. The summed E-state index contributed by atoms with van der Waals surface area (Å²) in [5, 5.41) is 18.1. The number of nitrogens with two attached hydrogens (primary N) is 1. The zero-order valence-corrected chi connectivity index (χ0v) is 25.6. The SMILES string of the molecule is C=CCN(CC)N(C(=O)NCc1ccccc1)C1CN(Cc2ccc(N)c(NC)c2)C(=O)CN1C=O.Cc1ccc(O)cc1. The largest absolute Gasteiger partial charge is 0.508 e. The number of hydrazine groups is 1. The number of anilines is 2. The number of urea groups is 1. The van der Waals surface area contributed by atoms with Crippen LogP contribution in [-0.2, 0) is 22.7 Å². The number of hydrogen-bond donors (Lipinski definition) is 4. The minimum Gasteiger partial charge on any atom is -0.508 e. The lowest BCUT2D eigenvalue weighted by Crippen LogP contribution is -2.67. The first kappa shape index (κ1) is 33.5. The van der Waals surface area contributed by atoms with Gasteiger partial charge in [0, 0.05) is 33.2 Å². The number of hydrogen-bond acceptors (Lipinski definition) is 7. The van der Waals surface area contributed by atoms with E-state index < -0.39 is 6.17 Å². The summed E-state index contributed by atoms with van der Waals surface area (Å²) in [5.41, 5.74) is 10.4. The molecule has 1 atom stereocenters. The molecule has 4 amide bonds. The molecule has 0 bridgehead atoms. The monoisotopic (exact) mass is 601 g/mol. The number of amides is 4. The van der Waals surface area contributed by atoms with Crippen LogP contribution in [0.2, 0.25) is 0 Å². The standard InChI is InChI=1S/C26H35N7O3.C7H8O/c1-4-13-32(5-2)33(26(36)29-15-20-9-7-6-8-10-20)24-17-30(25(35)18-31(24)19-34)16-21-11-12-22(27)23(14-21)28-3;1-6-2-4-7(8)5-3-6/h4,6-12,14,19,24,28H,1,5,13,15-18,27H2,2-3H3,(H,29,36);2-5,8H,1H3. The molecule has 1 aliphatic heterocycles. The summed E-state index contributed by atoms with van der Waals surface area (Å²) >= 11 is 0. The molecule has 0 aromatic heterocycles. The van der Waals surface area contributed by atoms with Crippen molar-refractivity contribution >= 4 is 29.7 Å². The third-order valence-corrected chi connectivity index (χ3v) is 7.15. The van der Waals surface area contributed by atoms with Gasteiger partial charge >= 0.3 is 6.03 Å². The maximum absolute atomic E-state index is 13.5. The van der Waals surface area contributed by atoms with E-state index in [1.54, 1.807) is 36.2 Å². The molecule has 0 spiro atoms. The summed E-state index contributed by atoms with van der Waals surface area (Å²) in [7, 11) is 1.78. The predicted octanol–water partition coefficient (Wildman–Crippen LogP) is 3.77. The lowest BCUT2D eigenvalue weighted by molar-refractivity contribution is -0.157. The van der Waals surface area contributed by atoms with Crippen molar-refractivity contribution in [1.29, 1.82) is 0 Å². The number of nitrogens with one attached hydrogen (secondary N) is 2. The van der Waals surface area contributed by atoms with Crippen LogP contribution in [0.3, 0.4) is 0 Å². The molecule has 234 valence electrons. The summed E-state index contributed by atoms with van der Waals surface area (Å²) in [6.45, 7) is 9.30. The summed E-state index contributed by atoms with van der Waals surface area (Å²) < 4.78 is 0. The van der Waals surface area contributed by atoms with E-state index in [9.17, 15) is 14.4 Å². The molecule has 1 heterocycles. The van der Waals surface area contributed by atoms with Crippen molar-refractivity contribution in [3.05, 3.63) is 102 Å². The van der Waals surface area contributed by atoms with E-state index >= 15 is 0 Å². The Hall–Kier alpha value is -5.03. The molecule has 3 aromatic carbocycles. The number of benzene rings is 3. The van der Waals surface area contributed by atoms with Gasteiger partial charge in [0.25, 0.3) is 0 Å². The number of rotatable bonds is 11. The Morgan fingerprint density at radius 2 is 1.82 bits per heavy atom. The maximum Gasteiger partial charge on any atom is 0.334 e. The van der Waals surface area contributed by atoms with Crippen LogP contribution in [-0.4, -0.2) is 82.7 Å². The lowest BCUT2D eigenvalue weighted by atomic mass is 10.1. The molecule has 5 N–H and O–H groups in total. The molecule has 0 aliphatic carbocycles. The number of phenols is 1. The molecule has 4 rings (SSSR count). The average Bonchev–Trinajstić information content (AvgIpc) is 3.04. The number of carbonyl (C=O) groups is 3. The number of nitrogens with zero attached hydrogens (tertiary/aromatic N) is 4. The Kier molecular flexibility index (Phi) is 12.6. The van der Waals surface area contributed by atoms with Gasteiger partial charge in [-0.05, 0) is 42.3 Å². The number of aryl methyl sites for hydroxylation is 1. The molecule has 1 aliphatic rings. The normalized spacial score (nSPS) is 14.4. The van der Waals surface area contributed by atoms with Gasteiger partial charge in [-0.2, -0.15) is 0 Å². The molecule has 3 aromatic rings. The van der Waals surface area contributed by atoms with Crippen LogP contribution >= 0.6 is 0 Å². The fourth-order valence-corrected chi connectivity index (χ4v) is 4.75. The summed E-state index contributed by atoms with van der Waals surface area (Å²) in [4.78, 5) is 41.5. The van der Waals surface area contributed by atoms with Gasteiger partial charge in [0.1, 0.15) is 18.5 Å². The van der Waals surface area contributed by atoms with Crippen molar-refractivity contribution < 1.29 is 19.5 Å². The second kappa shape index (κ2) is 16.6. The summed E-state index contributed by atoms with van der Waals surface area (Å²) in [6.07, 6.45) is 1.64. The summed E-state index contributed by atoms with van der Waals surface area (Å²) in [6, 6.07) is 21.9. The van der Waals surface area contributed by atoms with Crippen LogP contribution in [0.1, 0.15) is 23.6 Å². The molecule has 11 heteroatoms. The van der Waals surface area contributed by atoms with Gasteiger partial charge in [0.2, 0.25) is 12.3 Å². The first-order chi connectivity index (χ1) is 21.2. The minimum absolute atomic E-state index is 0.129. The Morgan fingerprint density at radius 3 is 2.41 bits per heavy atom. The zero-order chi connectivity index (χ0) is 32.1. The average molecular weight is 602 g/mol. The molecular formula is C33H43N7O4. The molecular weight excluding hydrogens is 558 g/mol. The van der Waals surface area contributed by atoms with Crippen LogP contribution in [0, 0.1) is 6.92 Å². The van der Waals surface area contributed by atoms with Crippen molar-refractivity contribution in [1.82, 2.24) is 25.1 Å². The van der Waals surface area contributed by atoms with Crippen molar-refractivity contribution in [2.75, 3.05) is 44.3 Å². The predicted molar refractivity (Wildman–Crippen MR) is 173 cm³/mol. The van der Waals surface area contributed by atoms with Gasteiger partial charge in [-0.1, -0.05) is 67.1 Å². The van der Waals surface area contributed by atoms with Crippen LogP contribution in [0.25, 0.3) is 0 Å². The van der Waals surface area contributed by atoms with E-state index in [4.69, 9.17) is 10.8 Å². The third-order valence-electron chi connectivity index (χ3n) is 7.15. The number of carbonyl (C=O) groups excluding carboxylic acids is 3. The fraction of sp³-hybridized carbons (Fsp3) is 0.303. The minimum atomic E-state index is -0.687. The second-order valence-corrected chi connectivity index (χ2v) is 10.3. The highest BCUT2D eigenvalue weighted by atomic mass is 16.3. The van der Waals surface area contributed by atoms with Crippen LogP contribution in [0.5, 0.6) is 5.75 Å². The quantitative estimate of drug-likeness (QED) is 0.114. The molecule has 11 nitrogen and oxygen atoms in total. The zero-order valence-electron chi connectivity index (χ0n) is 25.6. The van der Waals surface area contributed by atoms with Crippen molar-refractivity contribution in [2.24, 2.45) is 0 Å². The van der Waals surface area contributed by atoms with Crippen LogP contribution in [0.15, 0.2) is 85.5 Å². The lowest BCUT2D eigenvalue weighted by Gasteiger charge is -2.47. The van der Waals surface area contributed by atoms with Crippen molar-refractivity contribution in [2.45, 2.75) is 33.1 Å². The number of phenolic OH excluding ortho intramolecular Hbond substituents is 1. The molecule has 1 saturated heterocycles. The Balaban J connectivity index is 0.000000572. The topological polar surface area (TPSA) is 134 Å². The fourth-order valence-electron chi connectivity index (χ4n) is 4.75. The van der Waals surface area contributed by atoms with Gasteiger partial charge in [0.05, 0.1) is 17.9 Å². The Morgan fingerprint density at radius 1 is 1.11 bits per heavy atom. The second-order valence-electron chi connectivity index (χ2n) is 10.3. The maximum atomic E-state index is 13.5. The van der Waals surface area contributed by atoms with E-state index in [1.165, 1.54) is 15.5 Å². The molecule has 1 unspecified atom stereocenters. The van der Waals surface area contributed by atoms with E-state index in [-0.39, 0.29) is 25.0 Å². The van der Waals surface area contributed by atoms with Crippen LogP contribution in [0.4, 0.5) is 16.2 Å². The highest BCUT2D eigenvalue weighted by Crippen LogP contribution is 2.23. The van der Waals surface area contributed by atoms with Gasteiger partial charge < -0.3 is 31.3 Å². The summed E-state index contributed by atoms with van der Waals surface area (Å²) in [5.74, 6) is 0.133. The molecule has 1 fully saturated rings. The van der Waals surface area contributed by atoms with Crippen molar-refractivity contribution in [3.8, 4) is 5.75 Å². The first-order valence-electron chi connectivity index (χ1n) is 14.5. The van der Waals surface area contributed by atoms with E-state index in [0.29, 0.717) is 44.0 Å². The van der Waals surface area contributed by atoms with E-state index in [0.717, 1.165) is 16.8 Å². The third kappa shape index (κ3) is 9.23. The number of piperazine rings is 1. The molecule has 0 saturated carbocycles. The van der Waals surface area contributed by atoms with Gasteiger partial charge in [-0.25, -0.2) is 14.8 Å². The Bertz CT molecular complexity index is 1360. The highest BCUT2D eigenvalue weighted by Gasteiger charge is 2.39. The number of likely N-dealkylation sites (N-methyl/N-ethyl adjacent to an activating group) is 1. The van der Waals surface area contributed by atoms with Gasteiger partial charge in [-0.15, -0.1) is 6.58 Å². The van der Waals surface area contributed by atoms with E-state index in [1.807, 2.05) is 73.5 Å². The molecule has 0 radical (unpaired) electrons. The molecule has 44 heavy (non-hydrogen) atoms. The smallest absolute Gasteiger partial charge is 0.334 e. The van der Waals surface area contributed by atoms with Crippen molar-refractivity contribution in [3.63, 3.8) is 0 Å². The Labute approximate surface area is 259 Å². The number of nitrogen functional groups attached to an aromatic ring is 1. The first-order valence-corrected chi connectivity index (χ1v) is 14.5. The number of aromatic hydroxyl groups is 1.